The van der Waals surface area contributed by atoms with E-state index in [1.165, 1.54) is 11.1 Å². The summed E-state index contributed by atoms with van der Waals surface area (Å²) in [4.78, 5) is 19.6. The smallest absolute Gasteiger partial charge is 0.260 e. The van der Waals surface area contributed by atoms with Crippen molar-refractivity contribution in [3.05, 3.63) is 69.6 Å². The van der Waals surface area contributed by atoms with Crippen LogP contribution in [0.3, 0.4) is 0 Å². The van der Waals surface area contributed by atoms with Crippen molar-refractivity contribution in [3.8, 4) is 0 Å². The number of aromatic nitrogens is 2. The molecule has 27 heavy (non-hydrogen) atoms. The van der Waals surface area contributed by atoms with E-state index in [0.717, 1.165) is 24.3 Å². The SMILES string of the molecule is Cc1cccc(CNc2cc(C)cn3c(=O)cc(N4CCOCC4)nc23)c1. The second kappa shape index (κ2) is 7.40. The number of hydrogen-bond acceptors (Lipinski definition) is 5. The lowest BCUT2D eigenvalue weighted by molar-refractivity contribution is 0.122. The number of anilines is 2. The van der Waals surface area contributed by atoms with Gasteiger partial charge in [-0.15, -0.1) is 0 Å². The van der Waals surface area contributed by atoms with E-state index >= 15 is 0 Å². The average Bonchev–Trinajstić information content (AvgIpc) is 2.67. The number of pyridine rings is 1. The first-order valence-electron chi connectivity index (χ1n) is 9.26. The highest BCUT2D eigenvalue weighted by molar-refractivity contribution is 5.70. The summed E-state index contributed by atoms with van der Waals surface area (Å²) in [6.07, 6.45) is 1.84. The van der Waals surface area contributed by atoms with Gasteiger partial charge in [0.1, 0.15) is 5.82 Å². The number of hydrogen-bond donors (Lipinski definition) is 1. The van der Waals surface area contributed by atoms with Crippen molar-refractivity contribution in [2.75, 3.05) is 36.5 Å². The molecule has 0 saturated carbocycles. The summed E-state index contributed by atoms with van der Waals surface area (Å²) in [5.41, 5.74) is 4.89. The Balaban J connectivity index is 1.72. The average molecular weight is 364 g/mol. The quantitative estimate of drug-likeness (QED) is 0.771. The van der Waals surface area contributed by atoms with Gasteiger partial charge >= 0.3 is 0 Å². The van der Waals surface area contributed by atoms with Crippen molar-refractivity contribution in [2.45, 2.75) is 20.4 Å². The van der Waals surface area contributed by atoms with E-state index in [-0.39, 0.29) is 5.56 Å². The van der Waals surface area contributed by atoms with E-state index in [9.17, 15) is 4.79 Å². The Labute approximate surface area is 158 Å². The molecule has 0 atom stereocenters. The van der Waals surface area contributed by atoms with E-state index in [1.54, 1.807) is 10.5 Å². The second-order valence-corrected chi connectivity index (χ2v) is 7.02. The zero-order valence-electron chi connectivity index (χ0n) is 15.7. The van der Waals surface area contributed by atoms with Crippen LogP contribution in [0, 0.1) is 13.8 Å². The molecule has 6 nitrogen and oxygen atoms in total. The summed E-state index contributed by atoms with van der Waals surface area (Å²) >= 11 is 0. The number of nitrogens with zero attached hydrogens (tertiary/aromatic N) is 3. The summed E-state index contributed by atoms with van der Waals surface area (Å²) in [6.45, 7) is 7.57. The third kappa shape index (κ3) is 3.80. The highest BCUT2D eigenvalue weighted by Gasteiger charge is 2.15. The molecule has 3 heterocycles. The monoisotopic (exact) mass is 364 g/mol. The summed E-state index contributed by atoms with van der Waals surface area (Å²) < 4.78 is 7.03. The van der Waals surface area contributed by atoms with Crippen LogP contribution in [0.15, 0.2) is 47.4 Å². The van der Waals surface area contributed by atoms with Crippen molar-refractivity contribution >= 4 is 17.2 Å². The van der Waals surface area contributed by atoms with Gasteiger partial charge in [-0.1, -0.05) is 29.8 Å². The Bertz CT molecular complexity index is 1020. The van der Waals surface area contributed by atoms with Gasteiger partial charge in [-0.3, -0.25) is 9.20 Å². The third-order valence-corrected chi connectivity index (χ3v) is 4.78. The van der Waals surface area contributed by atoms with Crippen LogP contribution >= 0.6 is 0 Å². The maximum absolute atomic E-state index is 12.7. The van der Waals surface area contributed by atoms with Crippen molar-refractivity contribution in [3.63, 3.8) is 0 Å². The predicted molar refractivity (Wildman–Crippen MR) is 108 cm³/mol. The maximum atomic E-state index is 12.7. The van der Waals surface area contributed by atoms with Gasteiger partial charge in [0.05, 0.1) is 18.9 Å². The summed E-state index contributed by atoms with van der Waals surface area (Å²) in [5, 5.41) is 3.46. The topological polar surface area (TPSA) is 58.9 Å². The van der Waals surface area contributed by atoms with Gasteiger partial charge in [0.2, 0.25) is 0 Å². The van der Waals surface area contributed by atoms with Gasteiger partial charge in [0.25, 0.3) is 5.56 Å². The molecule has 0 radical (unpaired) electrons. The summed E-state index contributed by atoms with van der Waals surface area (Å²) in [5.74, 6) is 0.714. The van der Waals surface area contributed by atoms with Crippen LogP contribution in [0.25, 0.3) is 5.65 Å². The molecule has 0 aliphatic carbocycles. The Morgan fingerprint density at radius 1 is 1.11 bits per heavy atom. The Hall–Kier alpha value is -2.86. The fraction of sp³-hybridized carbons (Fsp3) is 0.333. The number of nitrogens with one attached hydrogen (secondary N) is 1. The minimum absolute atomic E-state index is 0.0659. The molecule has 0 amide bonds. The molecule has 0 bridgehead atoms. The fourth-order valence-electron chi connectivity index (χ4n) is 3.43. The molecule has 1 N–H and O–H groups in total. The number of aryl methyl sites for hydroxylation is 2. The molecule has 140 valence electrons. The molecule has 4 rings (SSSR count). The van der Waals surface area contributed by atoms with Crippen LogP contribution in [-0.4, -0.2) is 35.7 Å². The minimum atomic E-state index is -0.0659. The number of ether oxygens (including phenoxy) is 1. The molecule has 0 unspecified atom stereocenters. The normalized spacial score (nSPS) is 14.5. The van der Waals surface area contributed by atoms with Crippen LogP contribution in [0.1, 0.15) is 16.7 Å². The molecule has 1 aromatic carbocycles. The zero-order chi connectivity index (χ0) is 18.8. The number of morpholine rings is 1. The van der Waals surface area contributed by atoms with Gasteiger partial charge in [0, 0.05) is 31.9 Å². The molecule has 6 heteroatoms. The maximum Gasteiger partial charge on any atom is 0.260 e. The lowest BCUT2D eigenvalue weighted by Crippen LogP contribution is -2.37. The van der Waals surface area contributed by atoms with E-state index < -0.39 is 0 Å². The van der Waals surface area contributed by atoms with Gasteiger partial charge in [0.15, 0.2) is 5.65 Å². The molecular weight excluding hydrogens is 340 g/mol. The first-order chi connectivity index (χ1) is 13.1. The number of benzene rings is 1. The molecule has 0 spiro atoms. The Kier molecular flexibility index (Phi) is 4.81. The molecule has 3 aromatic rings. The number of rotatable bonds is 4. The molecular formula is C21H24N4O2. The van der Waals surface area contributed by atoms with Crippen molar-refractivity contribution < 1.29 is 4.74 Å². The zero-order valence-corrected chi connectivity index (χ0v) is 15.7. The van der Waals surface area contributed by atoms with Gasteiger partial charge < -0.3 is 15.0 Å². The summed E-state index contributed by atoms with van der Waals surface area (Å²) in [7, 11) is 0. The molecule has 1 aliphatic heterocycles. The van der Waals surface area contributed by atoms with Crippen LogP contribution in [-0.2, 0) is 11.3 Å². The van der Waals surface area contributed by atoms with Crippen molar-refractivity contribution in [1.82, 2.24) is 9.38 Å². The van der Waals surface area contributed by atoms with E-state index in [0.29, 0.717) is 31.2 Å². The molecule has 1 fully saturated rings. The minimum Gasteiger partial charge on any atom is -0.378 e. The largest absolute Gasteiger partial charge is 0.378 e. The van der Waals surface area contributed by atoms with Crippen LogP contribution in [0.4, 0.5) is 11.5 Å². The molecule has 1 aliphatic rings. The Morgan fingerprint density at radius 2 is 1.93 bits per heavy atom. The van der Waals surface area contributed by atoms with E-state index in [2.05, 4.69) is 41.4 Å². The fourth-order valence-corrected chi connectivity index (χ4v) is 3.43. The van der Waals surface area contributed by atoms with Crippen LogP contribution in [0.2, 0.25) is 0 Å². The van der Waals surface area contributed by atoms with Crippen molar-refractivity contribution in [1.29, 1.82) is 0 Å². The van der Waals surface area contributed by atoms with E-state index in [1.807, 2.05) is 19.2 Å². The first-order valence-corrected chi connectivity index (χ1v) is 9.26. The number of fused-ring (bicyclic) bond motifs is 1. The van der Waals surface area contributed by atoms with Crippen LogP contribution < -0.4 is 15.8 Å². The standard InChI is InChI=1S/C21H24N4O2/c1-15-4-3-5-17(10-15)13-22-18-11-16(2)14-25-20(26)12-19(23-21(18)25)24-6-8-27-9-7-24/h3-5,10-12,14,22H,6-9,13H2,1-2H3. The Morgan fingerprint density at radius 3 is 2.70 bits per heavy atom. The lowest BCUT2D eigenvalue weighted by atomic mass is 10.1. The van der Waals surface area contributed by atoms with Gasteiger partial charge in [-0.25, -0.2) is 4.98 Å². The van der Waals surface area contributed by atoms with E-state index in [4.69, 9.17) is 9.72 Å². The van der Waals surface area contributed by atoms with Crippen LogP contribution in [0.5, 0.6) is 0 Å². The van der Waals surface area contributed by atoms with Crippen molar-refractivity contribution in [2.24, 2.45) is 0 Å². The molecule has 1 saturated heterocycles. The first kappa shape index (κ1) is 17.5. The highest BCUT2D eigenvalue weighted by Crippen LogP contribution is 2.20. The van der Waals surface area contributed by atoms with Gasteiger partial charge in [-0.05, 0) is 31.0 Å². The second-order valence-electron chi connectivity index (χ2n) is 7.02. The predicted octanol–water partition coefficient (Wildman–Crippen LogP) is 2.76. The third-order valence-electron chi connectivity index (χ3n) is 4.78. The van der Waals surface area contributed by atoms with Gasteiger partial charge in [-0.2, -0.15) is 0 Å². The molecule has 2 aromatic heterocycles. The highest BCUT2D eigenvalue weighted by atomic mass is 16.5. The lowest BCUT2D eigenvalue weighted by Gasteiger charge is -2.28. The summed E-state index contributed by atoms with van der Waals surface area (Å²) in [6, 6.07) is 12.0.